The highest BCUT2D eigenvalue weighted by molar-refractivity contribution is 5.89. The molecule has 176 valence electrons. The third kappa shape index (κ3) is 6.37. The standard InChI is InChI=1S/C27H33NO5/c1-3-5-7-11-17-31-25-23-15-14-22(32-19-21-12-9-8-10-13-21)18-24(23)28(16-6-4-2)27(30)26(25)33-20-29/h8-10,12-15,18,20H,3-7,11,16-17,19H2,1-2H3. The van der Waals surface area contributed by atoms with Crippen molar-refractivity contribution in [3.8, 4) is 17.2 Å². The summed E-state index contributed by atoms with van der Waals surface area (Å²) in [5, 5.41) is 0.727. The molecular formula is C27H33NO5. The van der Waals surface area contributed by atoms with Gasteiger partial charge >= 0.3 is 0 Å². The number of carbonyl (C=O) groups is 1. The Kier molecular flexibility index (Phi) is 9.36. The van der Waals surface area contributed by atoms with E-state index in [0.29, 0.717) is 36.8 Å². The van der Waals surface area contributed by atoms with E-state index >= 15 is 0 Å². The van der Waals surface area contributed by atoms with Crippen LogP contribution in [0.25, 0.3) is 10.9 Å². The molecule has 3 aromatic rings. The molecule has 0 bridgehead atoms. The molecule has 33 heavy (non-hydrogen) atoms. The summed E-state index contributed by atoms with van der Waals surface area (Å²) < 4.78 is 18.8. The first-order valence-electron chi connectivity index (χ1n) is 11.8. The molecule has 0 aliphatic heterocycles. The number of benzene rings is 2. The lowest BCUT2D eigenvalue weighted by Crippen LogP contribution is -2.24. The van der Waals surface area contributed by atoms with Gasteiger partial charge in [0.25, 0.3) is 12.0 Å². The number of unbranched alkanes of at least 4 members (excludes halogenated alkanes) is 4. The number of aromatic nitrogens is 1. The van der Waals surface area contributed by atoms with Crippen LogP contribution in [0.4, 0.5) is 0 Å². The molecule has 2 aromatic carbocycles. The summed E-state index contributed by atoms with van der Waals surface area (Å²) in [6.45, 7) is 5.90. The minimum absolute atomic E-state index is 0.0537. The van der Waals surface area contributed by atoms with Crippen LogP contribution < -0.4 is 19.8 Å². The van der Waals surface area contributed by atoms with Crippen molar-refractivity contribution in [1.29, 1.82) is 0 Å². The zero-order valence-electron chi connectivity index (χ0n) is 19.5. The second-order valence-corrected chi connectivity index (χ2v) is 8.05. The number of pyridine rings is 1. The average molecular weight is 452 g/mol. The van der Waals surface area contributed by atoms with Crippen LogP contribution in [0.2, 0.25) is 0 Å². The van der Waals surface area contributed by atoms with E-state index in [1.54, 1.807) is 4.57 Å². The van der Waals surface area contributed by atoms with E-state index in [1.165, 1.54) is 0 Å². The van der Waals surface area contributed by atoms with Gasteiger partial charge in [0, 0.05) is 18.0 Å². The van der Waals surface area contributed by atoms with Crippen LogP contribution in [0.5, 0.6) is 17.2 Å². The fourth-order valence-corrected chi connectivity index (χ4v) is 3.75. The van der Waals surface area contributed by atoms with Crippen LogP contribution in [0.1, 0.15) is 57.9 Å². The first kappa shape index (κ1) is 24.4. The maximum atomic E-state index is 13.3. The molecule has 0 saturated carbocycles. The van der Waals surface area contributed by atoms with Gasteiger partial charge in [-0.05, 0) is 30.5 Å². The molecule has 0 unspecified atom stereocenters. The van der Waals surface area contributed by atoms with Crippen molar-refractivity contribution < 1.29 is 19.0 Å². The number of hydrogen-bond donors (Lipinski definition) is 0. The first-order chi connectivity index (χ1) is 16.2. The van der Waals surface area contributed by atoms with E-state index in [2.05, 4.69) is 13.8 Å². The summed E-state index contributed by atoms with van der Waals surface area (Å²) in [4.78, 5) is 24.5. The zero-order valence-corrected chi connectivity index (χ0v) is 19.5. The molecule has 0 aliphatic carbocycles. The quantitative estimate of drug-likeness (QED) is 0.226. The van der Waals surface area contributed by atoms with Crippen molar-refractivity contribution in [2.45, 2.75) is 65.5 Å². The molecular weight excluding hydrogens is 418 g/mol. The molecule has 0 amide bonds. The second kappa shape index (κ2) is 12.7. The molecule has 1 heterocycles. The van der Waals surface area contributed by atoms with Crippen LogP contribution in [-0.2, 0) is 17.9 Å². The summed E-state index contributed by atoms with van der Waals surface area (Å²) in [5.41, 5.74) is 1.40. The normalized spacial score (nSPS) is 10.8. The number of ether oxygens (including phenoxy) is 3. The Morgan fingerprint density at radius 2 is 1.67 bits per heavy atom. The van der Waals surface area contributed by atoms with Gasteiger partial charge in [-0.1, -0.05) is 69.9 Å². The van der Waals surface area contributed by atoms with E-state index in [9.17, 15) is 9.59 Å². The SMILES string of the molecule is CCCCCCOc1c(OC=O)c(=O)n(CCCC)c2cc(OCc3ccccc3)ccc12. The topological polar surface area (TPSA) is 66.8 Å². The lowest BCUT2D eigenvalue weighted by atomic mass is 10.1. The molecule has 0 radical (unpaired) electrons. The third-order valence-electron chi connectivity index (χ3n) is 5.54. The van der Waals surface area contributed by atoms with Crippen molar-refractivity contribution in [3.63, 3.8) is 0 Å². The Morgan fingerprint density at radius 1 is 0.879 bits per heavy atom. The van der Waals surface area contributed by atoms with Gasteiger partial charge < -0.3 is 18.8 Å². The Hall–Kier alpha value is -3.28. The molecule has 0 atom stereocenters. The number of rotatable bonds is 14. The molecule has 0 saturated heterocycles. The number of carbonyl (C=O) groups excluding carboxylic acids is 1. The van der Waals surface area contributed by atoms with Crippen LogP contribution >= 0.6 is 0 Å². The van der Waals surface area contributed by atoms with E-state index in [4.69, 9.17) is 14.2 Å². The average Bonchev–Trinajstić information content (AvgIpc) is 2.84. The van der Waals surface area contributed by atoms with Gasteiger partial charge in [-0.15, -0.1) is 0 Å². The minimum atomic E-state index is -0.369. The third-order valence-corrected chi connectivity index (χ3v) is 5.54. The smallest absolute Gasteiger partial charge is 0.298 e. The molecule has 0 spiro atoms. The monoisotopic (exact) mass is 451 g/mol. The highest BCUT2D eigenvalue weighted by Crippen LogP contribution is 2.35. The summed E-state index contributed by atoms with van der Waals surface area (Å²) >= 11 is 0. The lowest BCUT2D eigenvalue weighted by Gasteiger charge is -2.18. The molecule has 0 N–H and O–H groups in total. The van der Waals surface area contributed by atoms with Crippen molar-refractivity contribution in [3.05, 3.63) is 64.4 Å². The predicted molar refractivity (Wildman–Crippen MR) is 130 cm³/mol. The molecule has 6 nitrogen and oxygen atoms in total. The lowest BCUT2D eigenvalue weighted by molar-refractivity contribution is -0.120. The fraction of sp³-hybridized carbons (Fsp3) is 0.407. The first-order valence-corrected chi connectivity index (χ1v) is 11.8. The van der Waals surface area contributed by atoms with E-state index in [1.807, 2.05) is 48.5 Å². The van der Waals surface area contributed by atoms with Gasteiger partial charge in [-0.2, -0.15) is 0 Å². The van der Waals surface area contributed by atoms with Crippen LogP contribution in [0.3, 0.4) is 0 Å². The molecule has 1 aromatic heterocycles. The van der Waals surface area contributed by atoms with Crippen LogP contribution in [0.15, 0.2) is 53.3 Å². The van der Waals surface area contributed by atoms with E-state index < -0.39 is 0 Å². The van der Waals surface area contributed by atoms with Gasteiger partial charge in [-0.25, -0.2) is 0 Å². The highest BCUT2D eigenvalue weighted by Gasteiger charge is 2.20. The Morgan fingerprint density at radius 3 is 2.39 bits per heavy atom. The van der Waals surface area contributed by atoms with Crippen molar-refractivity contribution in [1.82, 2.24) is 4.57 Å². The molecule has 0 fully saturated rings. The summed E-state index contributed by atoms with van der Waals surface area (Å²) in [6, 6.07) is 15.5. The van der Waals surface area contributed by atoms with Crippen molar-refractivity contribution in [2.24, 2.45) is 0 Å². The van der Waals surface area contributed by atoms with Gasteiger partial charge in [-0.3, -0.25) is 9.59 Å². The Labute approximate surface area is 195 Å². The van der Waals surface area contributed by atoms with Gasteiger partial charge in [0.1, 0.15) is 12.4 Å². The Balaban J connectivity index is 2.00. The zero-order chi connectivity index (χ0) is 23.5. The molecule has 3 rings (SSSR count). The van der Waals surface area contributed by atoms with Gasteiger partial charge in [0.05, 0.1) is 12.1 Å². The predicted octanol–water partition coefficient (Wildman–Crippen LogP) is 5.87. The van der Waals surface area contributed by atoms with E-state index in [0.717, 1.165) is 49.5 Å². The summed E-state index contributed by atoms with van der Waals surface area (Å²) in [5.74, 6) is 0.928. The van der Waals surface area contributed by atoms with Crippen molar-refractivity contribution >= 4 is 17.4 Å². The highest BCUT2D eigenvalue weighted by atomic mass is 16.5. The summed E-state index contributed by atoms with van der Waals surface area (Å²) in [7, 11) is 0. The number of aryl methyl sites for hydroxylation is 1. The van der Waals surface area contributed by atoms with Gasteiger partial charge in [0.2, 0.25) is 5.75 Å². The van der Waals surface area contributed by atoms with Crippen molar-refractivity contribution in [2.75, 3.05) is 6.61 Å². The summed E-state index contributed by atoms with van der Waals surface area (Å²) in [6.07, 6.45) is 5.92. The molecule has 0 aliphatic rings. The minimum Gasteiger partial charge on any atom is -0.489 e. The number of nitrogens with zero attached hydrogens (tertiary/aromatic N) is 1. The van der Waals surface area contributed by atoms with Gasteiger partial charge in [0.15, 0.2) is 5.75 Å². The fourth-order valence-electron chi connectivity index (χ4n) is 3.75. The largest absolute Gasteiger partial charge is 0.489 e. The number of fused-ring (bicyclic) bond motifs is 1. The maximum absolute atomic E-state index is 13.3. The Bertz CT molecular complexity index is 1090. The maximum Gasteiger partial charge on any atom is 0.298 e. The van der Waals surface area contributed by atoms with Crippen LogP contribution in [0, 0.1) is 0 Å². The van der Waals surface area contributed by atoms with Crippen LogP contribution in [-0.4, -0.2) is 17.6 Å². The molecule has 6 heteroatoms. The van der Waals surface area contributed by atoms with E-state index in [-0.39, 0.29) is 17.8 Å². The second-order valence-electron chi connectivity index (χ2n) is 8.05. The number of hydrogen-bond acceptors (Lipinski definition) is 5.